The summed E-state index contributed by atoms with van der Waals surface area (Å²) < 4.78 is 14.1. The van der Waals surface area contributed by atoms with Crippen LogP contribution in [0, 0.1) is 5.82 Å². The van der Waals surface area contributed by atoms with Crippen molar-refractivity contribution in [1.29, 1.82) is 0 Å². The van der Waals surface area contributed by atoms with Crippen molar-refractivity contribution in [3.8, 4) is 0 Å². The molecule has 0 aliphatic carbocycles. The number of carbonyl (C=O) groups excluding carboxylic acids is 1. The van der Waals surface area contributed by atoms with E-state index in [-0.39, 0.29) is 11.7 Å². The van der Waals surface area contributed by atoms with Gasteiger partial charge >= 0.3 is 0 Å². The summed E-state index contributed by atoms with van der Waals surface area (Å²) in [4.78, 5) is 14.6. The van der Waals surface area contributed by atoms with E-state index in [1.807, 2.05) is 0 Å². The number of piperazine rings is 1. The minimum absolute atomic E-state index is 0.0772. The van der Waals surface area contributed by atoms with E-state index >= 15 is 0 Å². The highest BCUT2D eigenvalue weighted by molar-refractivity contribution is 7.19. The van der Waals surface area contributed by atoms with Gasteiger partial charge in [0, 0.05) is 29.2 Å². The second kappa shape index (κ2) is 4.66. The number of rotatable bonds is 2. The van der Waals surface area contributed by atoms with Crippen molar-refractivity contribution in [2.75, 3.05) is 19.6 Å². The van der Waals surface area contributed by atoms with Crippen LogP contribution in [-0.4, -0.2) is 30.4 Å². The molecule has 2 heterocycles. The first-order valence-corrected chi connectivity index (χ1v) is 6.69. The Kier molecular flexibility index (Phi) is 3.01. The lowest BCUT2D eigenvalue weighted by Gasteiger charge is -2.25. The Balaban J connectivity index is 1.80. The molecule has 1 saturated heterocycles. The van der Waals surface area contributed by atoms with Gasteiger partial charge in [0.15, 0.2) is 0 Å². The summed E-state index contributed by atoms with van der Waals surface area (Å²) in [6.07, 6.45) is 0. The van der Waals surface area contributed by atoms with Crippen LogP contribution in [0.5, 0.6) is 0 Å². The van der Waals surface area contributed by atoms with Crippen molar-refractivity contribution in [3.05, 3.63) is 35.0 Å². The predicted molar refractivity (Wildman–Crippen MR) is 70.1 cm³/mol. The van der Waals surface area contributed by atoms with Gasteiger partial charge in [-0.3, -0.25) is 9.69 Å². The number of thiophene rings is 1. The standard InChI is InChI=1S/C13H13FN2OS/c14-10-2-1-9-5-11(18-12(9)6-10)7-16-4-3-15-13(17)8-16/h1-2,5-6H,3-4,7-8H2,(H,15,17). The maximum absolute atomic E-state index is 13.1. The predicted octanol–water partition coefficient (Wildman–Crippen LogP) is 1.97. The first-order chi connectivity index (χ1) is 8.70. The van der Waals surface area contributed by atoms with Gasteiger partial charge in [-0.1, -0.05) is 6.07 Å². The molecule has 1 N–H and O–H groups in total. The minimum Gasteiger partial charge on any atom is -0.354 e. The van der Waals surface area contributed by atoms with Crippen LogP contribution in [0.4, 0.5) is 4.39 Å². The monoisotopic (exact) mass is 264 g/mol. The summed E-state index contributed by atoms with van der Waals surface area (Å²) in [6, 6.07) is 6.92. The van der Waals surface area contributed by atoms with Gasteiger partial charge in [-0.15, -0.1) is 11.3 Å². The van der Waals surface area contributed by atoms with Gasteiger partial charge in [-0.2, -0.15) is 0 Å². The van der Waals surface area contributed by atoms with Crippen LogP contribution in [0.15, 0.2) is 24.3 Å². The third-order valence-electron chi connectivity index (χ3n) is 3.03. The highest BCUT2D eigenvalue weighted by atomic mass is 32.1. The Morgan fingerprint density at radius 1 is 1.39 bits per heavy atom. The van der Waals surface area contributed by atoms with E-state index in [9.17, 15) is 9.18 Å². The van der Waals surface area contributed by atoms with Gasteiger partial charge in [0.2, 0.25) is 5.91 Å². The molecule has 0 saturated carbocycles. The summed E-state index contributed by atoms with van der Waals surface area (Å²) in [7, 11) is 0. The van der Waals surface area contributed by atoms with E-state index in [2.05, 4.69) is 16.3 Å². The van der Waals surface area contributed by atoms with E-state index in [1.54, 1.807) is 23.5 Å². The van der Waals surface area contributed by atoms with Gasteiger partial charge in [0.1, 0.15) is 5.82 Å². The molecule has 1 fully saturated rings. The fraction of sp³-hybridized carbons (Fsp3) is 0.308. The Bertz CT molecular complexity index is 596. The topological polar surface area (TPSA) is 32.3 Å². The third kappa shape index (κ3) is 2.37. The molecule has 94 valence electrons. The summed E-state index contributed by atoms with van der Waals surface area (Å²) >= 11 is 1.59. The molecular weight excluding hydrogens is 251 g/mol. The first-order valence-electron chi connectivity index (χ1n) is 5.88. The number of carbonyl (C=O) groups is 1. The zero-order valence-corrected chi connectivity index (χ0v) is 10.6. The van der Waals surface area contributed by atoms with Crippen LogP contribution in [0.25, 0.3) is 10.1 Å². The molecule has 1 aliphatic rings. The van der Waals surface area contributed by atoms with E-state index in [4.69, 9.17) is 0 Å². The summed E-state index contributed by atoms with van der Waals surface area (Å²) in [5.41, 5.74) is 0. The maximum Gasteiger partial charge on any atom is 0.234 e. The molecule has 1 aromatic carbocycles. The van der Waals surface area contributed by atoms with Crippen molar-refractivity contribution < 1.29 is 9.18 Å². The van der Waals surface area contributed by atoms with Crippen LogP contribution in [0.1, 0.15) is 4.88 Å². The van der Waals surface area contributed by atoms with Crippen molar-refractivity contribution >= 4 is 27.3 Å². The highest BCUT2D eigenvalue weighted by Crippen LogP contribution is 2.27. The number of benzene rings is 1. The molecule has 1 amide bonds. The van der Waals surface area contributed by atoms with Gasteiger partial charge in [0.05, 0.1) is 6.54 Å². The van der Waals surface area contributed by atoms with Crippen LogP contribution in [0.2, 0.25) is 0 Å². The molecule has 2 aromatic rings. The van der Waals surface area contributed by atoms with Gasteiger partial charge in [0.25, 0.3) is 0 Å². The van der Waals surface area contributed by atoms with Crippen LogP contribution in [-0.2, 0) is 11.3 Å². The summed E-state index contributed by atoms with van der Waals surface area (Å²) in [5.74, 6) is -0.123. The van der Waals surface area contributed by atoms with Gasteiger partial charge in [-0.25, -0.2) is 4.39 Å². The van der Waals surface area contributed by atoms with E-state index < -0.39 is 0 Å². The smallest absolute Gasteiger partial charge is 0.234 e. The Morgan fingerprint density at radius 2 is 2.28 bits per heavy atom. The lowest BCUT2D eigenvalue weighted by atomic mass is 10.2. The average molecular weight is 264 g/mol. The van der Waals surface area contributed by atoms with E-state index in [1.165, 1.54) is 10.9 Å². The molecule has 0 atom stereocenters. The van der Waals surface area contributed by atoms with E-state index in [0.29, 0.717) is 13.1 Å². The average Bonchev–Trinajstić information content (AvgIpc) is 2.70. The third-order valence-corrected chi connectivity index (χ3v) is 4.11. The molecule has 0 spiro atoms. The maximum atomic E-state index is 13.1. The number of nitrogens with one attached hydrogen (secondary N) is 1. The molecule has 0 unspecified atom stereocenters. The molecule has 1 aromatic heterocycles. The van der Waals surface area contributed by atoms with Crippen molar-refractivity contribution in [2.45, 2.75) is 6.54 Å². The minimum atomic E-state index is -0.201. The Morgan fingerprint density at radius 3 is 3.11 bits per heavy atom. The zero-order valence-electron chi connectivity index (χ0n) is 9.78. The quantitative estimate of drug-likeness (QED) is 0.899. The Hall–Kier alpha value is -1.46. The summed E-state index contributed by atoms with van der Waals surface area (Å²) in [5, 5.41) is 3.87. The molecule has 0 bridgehead atoms. The first kappa shape index (κ1) is 11.6. The second-order valence-electron chi connectivity index (χ2n) is 4.46. The lowest BCUT2D eigenvalue weighted by molar-refractivity contribution is -0.124. The fourth-order valence-corrected chi connectivity index (χ4v) is 3.32. The number of halogens is 1. The molecule has 1 aliphatic heterocycles. The largest absolute Gasteiger partial charge is 0.354 e. The molecule has 3 nitrogen and oxygen atoms in total. The number of hydrogen-bond donors (Lipinski definition) is 1. The van der Waals surface area contributed by atoms with E-state index in [0.717, 1.165) is 23.2 Å². The number of nitrogens with zero attached hydrogens (tertiary/aromatic N) is 1. The van der Waals surface area contributed by atoms with Gasteiger partial charge in [-0.05, 0) is 23.6 Å². The van der Waals surface area contributed by atoms with Gasteiger partial charge < -0.3 is 5.32 Å². The number of hydrogen-bond acceptors (Lipinski definition) is 3. The SMILES string of the molecule is O=C1CN(Cc2cc3ccc(F)cc3s2)CCN1. The number of fused-ring (bicyclic) bond motifs is 1. The molecule has 18 heavy (non-hydrogen) atoms. The van der Waals surface area contributed by atoms with Crippen molar-refractivity contribution in [3.63, 3.8) is 0 Å². The van der Waals surface area contributed by atoms with Crippen LogP contribution < -0.4 is 5.32 Å². The molecule has 3 rings (SSSR count). The van der Waals surface area contributed by atoms with Crippen molar-refractivity contribution in [1.82, 2.24) is 10.2 Å². The summed E-state index contributed by atoms with van der Waals surface area (Å²) in [6.45, 7) is 2.78. The molecule has 5 heteroatoms. The lowest BCUT2D eigenvalue weighted by Crippen LogP contribution is -2.46. The second-order valence-corrected chi connectivity index (χ2v) is 5.62. The van der Waals surface area contributed by atoms with Crippen LogP contribution >= 0.6 is 11.3 Å². The Labute approximate surface area is 108 Å². The molecule has 0 radical (unpaired) electrons. The van der Waals surface area contributed by atoms with Crippen LogP contribution in [0.3, 0.4) is 0 Å². The molecular formula is C13H13FN2OS. The fourth-order valence-electron chi connectivity index (χ4n) is 2.18. The highest BCUT2D eigenvalue weighted by Gasteiger charge is 2.16. The normalized spacial score (nSPS) is 17.1. The number of amides is 1. The zero-order chi connectivity index (χ0) is 12.5. The van der Waals surface area contributed by atoms with Crippen molar-refractivity contribution in [2.24, 2.45) is 0 Å².